The van der Waals surface area contributed by atoms with E-state index in [4.69, 9.17) is 0 Å². The van der Waals surface area contributed by atoms with Crippen LogP contribution in [0.2, 0.25) is 0 Å². The van der Waals surface area contributed by atoms with Gasteiger partial charge in [-0.15, -0.1) is 11.3 Å². The molecular formula is C10H10F3NO3S. The normalized spacial score (nSPS) is 11.2. The highest BCUT2D eigenvalue weighted by Crippen LogP contribution is 2.28. The van der Waals surface area contributed by atoms with Gasteiger partial charge in [0.1, 0.15) is 0 Å². The molecule has 1 aromatic rings. The SMILES string of the molecule is COC(=O)Cc1sc(NC(=O)C(F)(F)F)cc1C. The summed E-state index contributed by atoms with van der Waals surface area (Å²) in [6, 6.07) is 1.38. The number of carbonyl (C=O) groups is 2. The minimum atomic E-state index is -4.93. The summed E-state index contributed by atoms with van der Waals surface area (Å²) in [5.41, 5.74) is 0.628. The number of alkyl halides is 3. The first-order chi connectivity index (χ1) is 8.24. The molecule has 8 heteroatoms. The summed E-state index contributed by atoms with van der Waals surface area (Å²) >= 11 is 0.915. The Balaban J connectivity index is 2.79. The van der Waals surface area contributed by atoms with E-state index in [9.17, 15) is 22.8 Å². The van der Waals surface area contributed by atoms with Crippen LogP contribution in [0.3, 0.4) is 0 Å². The Hall–Kier alpha value is -1.57. The quantitative estimate of drug-likeness (QED) is 0.865. The van der Waals surface area contributed by atoms with Crippen molar-refractivity contribution in [3.63, 3.8) is 0 Å². The molecule has 0 aliphatic heterocycles. The second-order valence-electron chi connectivity index (χ2n) is 3.42. The van der Waals surface area contributed by atoms with Crippen LogP contribution in [-0.2, 0) is 20.7 Å². The molecule has 0 spiro atoms. The van der Waals surface area contributed by atoms with E-state index in [2.05, 4.69) is 4.74 Å². The molecular weight excluding hydrogens is 271 g/mol. The van der Waals surface area contributed by atoms with Crippen molar-refractivity contribution in [1.82, 2.24) is 0 Å². The molecule has 1 N–H and O–H groups in total. The minimum absolute atomic E-state index is 0.0328. The molecule has 18 heavy (non-hydrogen) atoms. The van der Waals surface area contributed by atoms with Gasteiger partial charge < -0.3 is 10.1 Å². The van der Waals surface area contributed by atoms with Crippen molar-refractivity contribution in [2.45, 2.75) is 19.5 Å². The van der Waals surface area contributed by atoms with Gasteiger partial charge in [0.05, 0.1) is 18.5 Å². The smallest absolute Gasteiger partial charge is 0.469 e. The summed E-state index contributed by atoms with van der Waals surface area (Å²) in [4.78, 5) is 22.3. The highest BCUT2D eigenvalue weighted by Gasteiger charge is 2.39. The van der Waals surface area contributed by atoms with E-state index in [0.717, 1.165) is 11.3 Å². The molecule has 4 nitrogen and oxygen atoms in total. The molecule has 0 aromatic carbocycles. The van der Waals surface area contributed by atoms with Crippen molar-refractivity contribution >= 4 is 28.2 Å². The summed E-state index contributed by atoms with van der Waals surface area (Å²) in [6.45, 7) is 1.64. The number of halogens is 3. The number of methoxy groups -OCH3 is 1. The number of carbonyl (C=O) groups excluding carboxylic acids is 2. The standard InChI is InChI=1S/C10H10F3NO3S/c1-5-3-7(14-9(16)10(11,12)13)18-6(5)4-8(15)17-2/h3H,4H2,1-2H3,(H,14,16). The predicted molar refractivity (Wildman–Crippen MR) is 59.5 cm³/mol. The van der Waals surface area contributed by atoms with Gasteiger partial charge in [0.15, 0.2) is 0 Å². The Bertz CT molecular complexity index is 467. The van der Waals surface area contributed by atoms with Crippen molar-refractivity contribution in [3.8, 4) is 0 Å². The van der Waals surface area contributed by atoms with E-state index in [1.807, 2.05) is 0 Å². The van der Waals surface area contributed by atoms with Gasteiger partial charge >= 0.3 is 18.1 Å². The lowest BCUT2D eigenvalue weighted by Crippen LogP contribution is -2.29. The summed E-state index contributed by atoms with van der Waals surface area (Å²) in [6.07, 6.45) is -4.96. The maximum atomic E-state index is 12.0. The Labute approximate surface area is 105 Å². The van der Waals surface area contributed by atoms with Crippen molar-refractivity contribution in [1.29, 1.82) is 0 Å². The second kappa shape index (κ2) is 5.38. The molecule has 1 heterocycles. The van der Waals surface area contributed by atoms with Crippen LogP contribution in [-0.4, -0.2) is 25.2 Å². The number of esters is 1. The second-order valence-corrected chi connectivity index (χ2v) is 4.56. The predicted octanol–water partition coefficient (Wildman–Crippen LogP) is 2.27. The van der Waals surface area contributed by atoms with Crippen LogP contribution in [0.15, 0.2) is 6.07 Å². The molecule has 0 radical (unpaired) electrons. The van der Waals surface area contributed by atoms with Crippen molar-refractivity contribution < 1.29 is 27.5 Å². The van der Waals surface area contributed by atoms with Crippen LogP contribution >= 0.6 is 11.3 Å². The third-order valence-corrected chi connectivity index (χ3v) is 3.20. The van der Waals surface area contributed by atoms with Crippen molar-refractivity contribution in [2.75, 3.05) is 12.4 Å². The minimum Gasteiger partial charge on any atom is -0.469 e. The molecule has 0 aliphatic rings. The number of amides is 1. The molecule has 100 valence electrons. The monoisotopic (exact) mass is 281 g/mol. The van der Waals surface area contributed by atoms with Crippen LogP contribution in [0.4, 0.5) is 18.2 Å². The molecule has 1 aromatic heterocycles. The van der Waals surface area contributed by atoms with Gasteiger partial charge in [0, 0.05) is 4.88 Å². The Morgan fingerprint density at radius 3 is 2.56 bits per heavy atom. The summed E-state index contributed by atoms with van der Waals surface area (Å²) in [7, 11) is 1.22. The van der Waals surface area contributed by atoms with Gasteiger partial charge in [-0.05, 0) is 18.6 Å². The topological polar surface area (TPSA) is 55.4 Å². The van der Waals surface area contributed by atoms with E-state index in [1.54, 1.807) is 12.2 Å². The largest absolute Gasteiger partial charge is 0.471 e. The molecule has 0 aliphatic carbocycles. The van der Waals surface area contributed by atoms with Crippen LogP contribution in [0.25, 0.3) is 0 Å². The third-order valence-electron chi connectivity index (χ3n) is 2.05. The number of anilines is 1. The molecule has 0 bridgehead atoms. The highest BCUT2D eigenvalue weighted by molar-refractivity contribution is 7.16. The zero-order chi connectivity index (χ0) is 13.9. The number of thiophene rings is 1. The average molecular weight is 281 g/mol. The number of hydrogen-bond acceptors (Lipinski definition) is 4. The first-order valence-electron chi connectivity index (χ1n) is 4.78. The molecule has 0 fully saturated rings. The summed E-state index contributed by atoms with van der Waals surface area (Å²) in [5, 5.41) is 1.79. The lowest BCUT2D eigenvalue weighted by Gasteiger charge is -2.04. The van der Waals surface area contributed by atoms with E-state index < -0.39 is 18.1 Å². The Morgan fingerprint density at radius 2 is 2.06 bits per heavy atom. The first kappa shape index (κ1) is 14.5. The van der Waals surface area contributed by atoms with E-state index in [1.165, 1.54) is 13.2 Å². The molecule has 0 unspecified atom stereocenters. The maximum Gasteiger partial charge on any atom is 0.471 e. The van der Waals surface area contributed by atoms with Crippen LogP contribution in [0.5, 0.6) is 0 Å². The van der Waals surface area contributed by atoms with Gasteiger partial charge in [-0.1, -0.05) is 0 Å². The van der Waals surface area contributed by atoms with E-state index in [-0.39, 0.29) is 11.4 Å². The molecule has 1 rings (SSSR count). The van der Waals surface area contributed by atoms with Crippen molar-refractivity contribution in [3.05, 3.63) is 16.5 Å². The summed E-state index contributed by atoms with van der Waals surface area (Å²) < 4.78 is 40.5. The number of aryl methyl sites for hydroxylation is 1. The molecule has 0 saturated carbocycles. The number of ether oxygens (including phenoxy) is 1. The van der Waals surface area contributed by atoms with Gasteiger partial charge in [-0.3, -0.25) is 9.59 Å². The zero-order valence-corrected chi connectivity index (χ0v) is 10.4. The van der Waals surface area contributed by atoms with Crippen LogP contribution in [0, 0.1) is 6.92 Å². The van der Waals surface area contributed by atoms with E-state index in [0.29, 0.717) is 10.4 Å². The fourth-order valence-corrected chi connectivity index (χ4v) is 2.20. The summed E-state index contributed by atoms with van der Waals surface area (Å²) in [5.74, 6) is -2.53. The van der Waals surface area contributed by atoms with Gasteiger partial charge in [0.25, 0.3) is 0 Å². The first-order valence-corrected chi connectivity index (χ1v) is 5.60. The average Bonchev–Trinajstić information content (AvgIpc) is 2.57. The Kier molecular flexibility index (Phi) is 4.33. The fraction of sp³-hybridized carbons (Fsp3) is 0.400. The lowest BCUT2D eigenvalue weighted by molar-refractivity contribution is -0.167. The Morgan fingerprint density at radius 1 is 1.44 bits per heavy atom. The third kappa shape index (κ3) is 3.73. The highest BCUT2D eigenvalue weighted by atomic mass is 32.1. The van der Waals surface area contributed by atoms with Gasteiger partial charge in [0.2, 0.25) is 0 Å². The zero-order valence-electron chi connectivity index (χ0n) is 9.55. The number of hydrogen-bond donors (Lipinski definition) is 1. The van der Waals surface area contributed by atoms with Crippen LogP contribution in [0.1, 0.15) is 10.4 Å². The van der Waals surface area contributed by atoms with E-state index >= 15 is 0 Å². The number of rotatable bonds is 3. The molecule has 0 atom stereocenters. The van der Waals surface area contributed by atoms with Crippen LogP contribution < -0.4 is 5.32 Å². The molecule has 1 amide bonds. The fourth-order valence-electron chi connectivity index (χ4n) is 1.14. The van der Waals surface area contributed by atoms with Gasteiger partial charge in [-0.25, -0.2) is 0 Å². The number of nitrogens with one attached hydrogen (secondary N) is 1. The maximum absolute atomic E-state index is 12.0. The lowest BCUT2D eigenvalue weighted by atomic mass is 10.2. The molecule has 0 saturated heterocycles. The van der Waals surface area contributed by atoms with Crippen molar-refractivity contribution in [2.24, 2.45) is 0 Å². The van der Waals surface area contributed by atoms with Gasteiger partial charge in [-0.2, -0.15) is 13.2 Å².